The van der Waals surface area contributed by atoms with Crippen LogP contribution in [-0.2, 0) is 22.3 Å². The van der Waals surface area contributed by atoms with Crippen molar-refractivity contribution < 1.29 is 12.9 Å². The fourth-order valence-corrected chi connectivity index (χ4v) is 4.49. The van der Waals surface area contributed by atoms with Crippen molar-refractivity contribution in [2.75, 3.05) is 26.2 Å². The van der Waals surface area contributed by atoms with E-state index >= 15 is 0 Å². The van der Waals surface area contributed by atoms with Crippen LogP contribution in [0.1, 0.15) is 16.4 Å². The van der Waals surface area contributed by atoms with Crippen molar-refractivity contribution in [2.45, 2.75) is 19.2 Å². The van der Waals surface area contributed by atoms with Crippen molar-refractivity contribution in [2.24, 2.45) is 0 Å². The third-order valence-electron chi connectivity index (χ3n) is 3.60. The lowest BCUT2D eigenvalue weighted by molar-refractivity contribution is 0.180. The third-order valence-corrected chi connectivity index (χ3v) is 6.23. The first-order chi connectivity index (χ1) is 10.5. The number of hydrogen-bond acceptors (Lipinski definition) is 7. The third kappa shape index (κ3) is 3.72. The Hall–Kier alpha value is -1.29. The van der Waals surface area contributed by atoms with Crippen LogP contribution in [0.3, 0.4) is 0 Å². The van der Waals surface area contributed by atoms with Crippen molar-refractivity contribution in [3.8, 4) is 0 Å². The van der Waals surface area contributed by atoms with Gasteiger partial charge in [-0.3, -0.25) is 4.90 Å². The Labute approximate surface area is 133 Å². The van der Waals surface area contributed by atoms with Crippen molar-refractivity contribution in [1.29, 1.82) is 0 Å². The molecule has 0 aromatic carbocycles. The molecular weight excluding hydrogens is 324 g/mol. The summed E-state index contributed by atoms with van der Waals surface area (Å²) in [5.41, 5.74) is 1.50. The molecule has 0 spiro atoms. The van der Waals surface area contributed by atoms with Gasteiger partial charge in [-0.15, -0.1) is 11.3 Å². The van der Waals surface area contributed by atoms with Gasteiger partial charge < -0.3 is 4.52 Å². The molecule has 0 amide bonds. The fraction of sp³-hybridized carbons (Fsp3) is 0.538. The van der Waals surface area contributed by atoms with Gasteiger partial charge in [0, 0.05) is 44.2 Å². The highest BCUT2D eigenvalue weighted by atomic mass is 32.2. The highest BCUT2D eigenvalue weighted by Crippen LogP contribution is 2.15. The summed E-state index contributed by atoms with van der Waals surface area (Å²) in [5, 5.41) is 6.79. The van der Waals surface area contributed by atoms with Crippen LogP contribution >= 0.6 is 11.3 Å². The maximum atomic E-state index is 12.3. The molecule has 7 nitrogen and oxygen atoms in total. The predicted molar refractivity (Wildman–Crippen MR) is 82.8 cm³/mol. The summed E-state index contributed by atoms with van der Waals surface area (Å²) in [6, 6.07) is 1.58. The highest BCUT2D eigenvalue weighted by Gasteiger charge is 2.28. The van der Waals surface area contributed by atoms with Gasteiger partial charge >= 0.3 is 0 Å². The molecule has 0 unspecified atom stereocenters. The molecule has 0 atom stereocenters. The summed E-state index contributed by atoms with van der Waals surface area (Å²) in [6.07, 6.45) is 1.39. The maximum Gasteiger partial charge on any atom is 0.220 e. The van der Waals surface area contributed by atoms with E-state index in [0.29, 0.717) is 31.9 Å². The molecule has 0 aliphatic carbocycles. The second kappa shape index (κ2) is 6.45. The molecule has 0 bridgehead atoms. The first kappa shape index (κ1) is 15.6. The standard InChI is InChI=1S/C13H18N4O3S2/c1-11-14-13(9-21-11)8-16-3-5-17(6-4-16)22(18,19)10-12-2-7-20-15-12/h2,7,9H,3-6,8,10H2,1H3. The van der Waals surface area contributed by atoms with Gasteiger partial charge in [0.25, 0.3) is 0 Å². The number of piperazine rings is 1. The summed E-state index contributed by atoms with van der Waals surface area (Å²) in [6.45, 7) is 5.21. The normalized spacial score (nSPS) is 17.9. The predicted octanol–water partition coefficient (Wildman–Crippen LogP) is 1.09. The van der Waals surface area contributed by atoms with Crippen LogP contribution < -0.4 is 0 Å². The monoisotopic (exact) mass is 342 g/mol. The average molecular weight is 342 g/mol. The molecule has 22 heavy (non-hydrogen) atoms. The van der Waals surface area contributed by atoms with E-state index in [-0.39, 0.29) is 5.75 Å². The van der Waals surface area contributed by atoms with Crippen LogP contribution in [0.2, 0.25) is 0 Å². The summed E-state index contributed by atoms with van der Waals surface area (Å²) in [5.74, 6) is -0.102. The van der Waals surface area contributed by atoms with Crippen LogP contribution in [0, 0.1) is 6.92 Å². The minimum absolute atomic E-state index is 0.102. The lowest BCUT2D eigenvalue weighted by Gasteiger charge is -2.33. The highest BCUT2D eigenvalue weighted by molar-refractivity contribution is 7.88. The Balaban J connectivity index is 1.54. The van der Waals surface area contributed by atoms with E-state index in [1.54, 1.807) is 17.4 Å². The molecule has 3 heterocycles. The molecule has 2 aromatic heterocycles. The van der Waals surface area contributed by atoms with Crippen molar-refractivity contribution in [3.05, 3.63) is 34.1 Å². The van der Waals surface area contributed by atoms with Gasteiger partial charge in [-0.25, -0.2) is 13.4 Å². The Bertz CT molecular complexity index is 703. The molecule has 0 N–H and O–H groups in total. The van der Waals surface area contributed by atoms with Crippen molar-refractivity contribution >= 4 is 21.4 Å². The van der Waals surface area contributed by atoms with Crippen LogP contribution in [0.25, 0.3) is 0 Å². The number of nitrogens with zero attached hydrogens (tertiary/aromatic N) is 4. The zero-order valence-electron chi connectivity index (χ0n) is 12.3. The van der Waals surface area contributed by atoms with E-state index in [9.17, 15) is 8.42 Å². The van der Waals surface area contributed by atoms with Gasteiger partial charge in [0.05, 0.1) is 16.4 Å². The van der Waals surface area contributed by atoms with E-state index in [4.69, 9.17) is 0 Å². The van der Waals surface area contributed by atoms with Gasteiger partial charge in [-0.1, -0.05) is 5.16 Å². The SMILES string of the molecule is Cc1nc(CN2CCN(S(=O)(=O)Cc3ccon3)CC2)cs1. The second-order valence-electron chi connectivity index (χ2n) is 5.28. The molecule has 120 valence electrons. The van der Waals surface area contributed by atoms with E-state index < -0.39 is 10.0 Å². The van der Waals surface area contributed by atoms with Crippen LogP contribution in [0.4, 0.5) is 0 Å². The molecule has 1 aliphatic rings. The lowest BCUT2D eigenvalue weighted by Crippen LogP contribution is -2.48. The number of hydrogen-bond donors (Lipinski definition) is 0. The van der Waals surface area contributed by atoms with Crippen molar-refractivity contribution in [1.82, 2.24) is 19.3 Å². The number of sulfonamides is 1. The van der Waals surface area contributed by atoms with Gasteiger partial charge in [-0.05, 0) is 6.92 Å². The average Bonchev–Trinajstić information content (AvgIpc) is 3.11. The quantitative estimate of drug-likeness (QED) is 0.809. The zero-order valence-corrected chi connectivity index (χ0v) is 13.9. The molecule has 1 fully saturated rings. The number of rotatable bonds is 5. The topological polar surface area (TPSA) is 79.5 Å². The molecule has 0 radical (unpaired) electrons. The molecule has 9 heteroatoms. The van der Waals surface area contributed by atoms with Gasteiger partial charge in [0.1, 0.15) is 12.0 Å². The van der Waals surface area contributed by atoms with Crippen LogP contribution in [-0.4, -0.2) is 53.9 Å². The Morgan fingerprint density at radius 1 is 1.27 bits per heavy atom. The maximum absolute atomic E-state index is 12.3. The van der Waals surface area contributed by atoms with Gasteiger partial charge in [0.2, 0.25) is 10.0 Å². The molecule has 1 saturated heterocycles. The summed E-state index contributed by atoms with van der Waals surface area (Å²) in [4.78, 5) is 6.68. The van der Waals surface area contributed by atoms with E-state index in [0.717, 1.165) is 17.2 Å². The molecule has 2 aromatic rings. The van der Waals surface area contributed by atoms with E-state index in [2.05, 4.69) is 24.9 Å². The summed E-state index contributed by atoms with van der Waals surface area (Å²) < 4.78 is 30.9. The minimum Gasteiger partial charge on any atom is -0.364 e. The lowest BCUT2D eigenvalue weighted by atomic mass is 10.3. The number of thiazole rings is 1. The first-order valence-electron chi connectivity index (χ1n) is 7.03. The van der Waals surface area contributed by atoms with E-state index in [1.165, 1.54) is 10.6 Å². The second-order valence-corrected chi connectivity index (χ2v) is 8.31. The number of aryl methyl sites for hydroxylation is 1. The smallest absolute Gasteiger partial charge is 0.220 e. The molecule has 3 rings (SSSR count). The molecule has 0 saturated carbocycles. The minimum atomic E-state index is -3.33. The van der Waals surface area contributed by atoms with E-state index in [1.807, 2.05) is 6.92 Å². The molecular formula is C13H18N4O3S2. The Morgan fingerprint density at radius 3 is 2.64 bits per heavy atom. The largest absolute Gasteiger partial charge is 0.364 e. The van der Waals surface area contributed by atoms with Crippen molar-refractivity contribution in [3.63, 3.8) is 0 Å². The summed E-state index contributed by atoms with van der Waals surface area (Å²) in [7, 11) is -3.33. The van der Waals surface area contributed by atoms with Crippen LogP contribution in [0.5, 0.6) is 0 Å². The summed E-state index contributed by atoms with van der Waals surface area (Å²) >= 11 is 1.64. The fourth-order valence-electron chi connectivity index (χ4n) is 2.47. The first-order valence-corrected chi connectivity index (χ1v) is 9.52. The molecule has 1 aliphatic heterocycles. The van der Waals surface area contributed by atoms with Gasteiger partial charge in [-0.2, -0.15) is 4.31 Å². The number of aromatic nitrogens is 2. The Kier molecular flexibility index (Phi) is 4.57. The van der Waals surface area contributed by atoms with Gasteiger partial charge in [0.15, 0.2) is 0 Å². The Morgan fingerprint density at radius 2 is 2.05 bits per heavy atom. The van der Waals surface area contributed by atoms with Crippen LogP contribution in [0.15, 0.2) is 22.2 Å². The zero-order chi connectivity index (χ0) is 15.6.